The van der Waals surface area contributed by atoms with Crippen molar-refractivity contribution < 1.29 is 9.36 Å². The van der Waals surface area contributed by atoms with E-state index in [1.165, 1.54) is 10.5 Å². The lowest BCUT2D eigenvalue weighted by Crippen LogP contribution is -2.09. The van der Waals surface area contributed by atoms with E-state index in [0.717, 1.165) is 22.0 Å². The normalized spacial score (nSPS) is 10.8. The molecule has 0 aliphatic rings. The van der Waals surface area contributed by atoms with Crippen molar-refractivity contribution in [1.29, 1.82) is 0 Å². The molecule has 0 spiro atoms. The Morgan fingerprint density at radius 1 is 1.25 bits per heavy atom. The fourth-order valence-electron chi connectivity index (χ4n) is 1.62. The highest BCUT2D eigenvalue weighted by Gasteiger charge is 2.06. The second-order valence-electron chi connectivity index (χ2n) is 4.11. The molecule has 7 heteroatoms. The van der Waals surface area contributed by atoms with Crippen LogP contribution in [0.3, 0.4) is 0 Å². The van der Waals surface area contributed by atoms with Gasteiger partial charge in [-0.1, -0.05) is 24.4 Å². The van der Waals surface area contributed by atoms with Gasteiger partial charge in [-0.25, -0.2) is 4.98 Å². The van der Waals surface area contributed by atoms with Crippen LogP contribution in [0.25, 0.3) is 5.69 Å². The van der Waals surface area contributed by atoms with Crippen molar-refractivity contribution in [1.82, 2.24) is 9.90 Å². The van der Waals surface area contributed by atoms with Gasteiger partial charge in [-0.05, 0) is 29.8 Å². The first-order chi connectivity index (χ1) is 9.72. The number of nitrogens with two attached hydrogens (primary N) is 1. The molecular weight excluding hydrogens is 294 g/mol. The number of aromatic nitrogens is 2. The Balaban J connectivity index is 1.65. The lowest BCUT2D eigenvalue weighted by atomic mass is 10.2. The fraction of sp³-hybridized carbons (Fsp3) is 0.0769. The molecular formula is C13H11N3O2S2. The Hall–Kier alpha value is -1.99. The summed E-state index contributed by atoms with van der Waals surface area (Å²) in [4.78, 5) is 6.02. The average Bonchev–Trinajstić information content (AvgIpc) is 3.31. The van der Waals surface area contributed by atoms with Gasteiger partial charge in [0.1, 0.15) is 10.7 Å². The van der Waals surface area contributed by atoms with Gasteiger partial charge < -0.3 is 5.73 Å². The van der Waals surface area contributed by atoms with E-state index in [-0.39, 0.29) is 0 Å². The number of benzene rings is 1. The van der Waals surface area contributed by atoms with Crippen molar-refractivity contribution in [3.63, 3.8) is 0 Å². The van der Waals surface area contributed by atoms with Gasteiger partial charge in [0.15, 0.2) is 0 Å². The van der Waals surface area contributed by atoms with Gasteiger partial charge in [-0.3, -0.25) is 0 Å². The second-order valence-corrected chi connectivity index (χ2v) is 5.54. The van der Waals surface area contributed by atoms with Crippen molar-refractivity contribution in [3.05, 3.63) is 53.7 Å². The van der Waals surface area contributed by atoms with Gasteiger partial charge >= 0.3 is 0 Å². The summed E-state index contributed by atoms with van der Waals surface area (Å²) in [6.07, 6.45) is 1.72. The lowest BCUT2D eigenvalue weighted by Gasteiger charge is -2.03. The van der Waals surface area contributed by atoms with Crippen LogP contribution in [0.4, 0.5) is 0 Å². The molecule has 5 nitrogen and oxygen atoms in total. The number of hydrogen-bond acceptors (Lipinski definition) is 5. The molecule has 0 aliphatic carbocycles. The predicted octanol–water partition coefficient (Wildman–Crippen LogP) is 2.98. The third-order valence-electron chi connectivity index (χ3n) is 2.70. The minimum absolute atomic E-state index is 0.386. The lowest BCUT2D eigenvalue weighted by molar-refractivity contribution is 0.264. The van der Waals surface area contributed by atoms with Crippen LogP contribution >= 0.6 is 24.0 Å². The molecule has 102 valence electrons. The zero-order valence-electron chi connectivity index (χ0n) is 10.4. The number of nitrogens with zero attached hydrogens (tertiary/aromatic N) is 2. The van der Waals surface area contributed by atoms with E-state index in [1.807, 2.05) is 36.4 Å². The minimum Gasteiger partial charge on any atom is -0.389 e. The van der Waals surface area contributed by atoms with Crippen LogP contribution in [-0.2, 0) is 5.75 Å². The van der Waals surface area contributed by atoms with Gasteiger partial charge in [-0.15, -0.1) is 21.1 Å². The summed E-state index contributed by atoms with van der Waals surface area (Å²) in [5.74, 6) is 0.815. The Kier molecular flexibility index (Phi) is 3.62. The maximum atomic E-state index is 5.61. The first-order valence-electron chi connectivity index (χ1n) is 5.85. The minimum atomic E-state index is 0.386. The van der Waals surface area contributed by atoms with Crippen LogP contribution in [0.2, 0.25) is 0 Å². The number of thioether (sulfide) groups is 1. The molecule has 20 heavy (non-hydrogen) atoms. The molecule has 3 rings (SSSR count). The molecule has 1 aromatic carbocycles. The SMILES string of the molecule is NC(=S)c1ccnc(SCc2ccc(-n3oo3)cc2)c1. The molecule has 0 saturated carbocycles. The molecule has 0 fully saturated rings. The van der Waals surface area contributed by atoms with E-state index in [9.17, 15) is 0 Å². The smallest absolute Gasteiger partial charge is 0.127 e. The third-order valence-corrected chi connectivity index (χ3v) is 3.93. The molecule has 0 bridgehead atoms. The molecule has 2 aromatic heterocycles. The van der Waals surface area contributed by atoms with Crippen LogP contribution in [0, 0.1) is 0 Å². The zero-order chi connectivity index (χ0) is 13.9. The summed E-state index contributed by atoms with van der Waals surface area (Å²) in [5.41, 5.74) is 8.49. The number of pyridine rings is 1. The first kappa shape index (κ1) is 13.0. The Labute approximate surface area is 124 Å². The summed E-state index contributed by atoms with van der Waals surface area (Å²) < 4.78 is 9.19. The van der Waals surface area contributed by atoms with Gasteiger partial charge in [0, 0.05) is 17.5 Å². The van der Waals surface area contributed by atoms with E-state index in [2.05, 4.69) is 14.3 Å². The molecule has 0 radical (unpaired) electrons. The summed E-state index contributed by atoms with van der Waals surface area (Å²) >= 11 is 6.59. The van der Waals surface area contributed by atoms with Gasteiger partial charge in [0.05, 0.1) is 9.94 Å². The molecule has 0 atom stereocenters. The van der Waals surface area contributed by atoms with Gasteiger partial charge in [0.2, 0.25) is 0 Å². The van der Waals surface area contributed by atoms with Crippen molar-refractivity contribution in [2.75, 3.05) is 0 Å². The second kappa shape index (κ2) is 5.56. The number of hydrogen-bond donors (Lipinski definition) is 1. The molecule has 3 aromatic rings. The molecule has 0 saturated heterocycles. The van der Waals surface area contributed by atoms with E-state index in [1.54, 1.807) is 18.0 Å². The third kappa shape index (κ3) is 3.12. The monoisotopic (exact) mass is 305 g/mol. The van der Waals surface area contributed by atoms with Crippen LogP contribution in [0.15, 0.2) is 57.0 Å². The highest BCUT2D eigenvalue weighted by Crippen LogP contribution is 2.22. The number of rotatable bonds is 5. The largest absolute Gasteiger partial charge is 0.389 e. The molecule has 2 heterocycles. The molecule has 0 aliphatic heterocycles. The van der Waals surface area contributed by atoms with Gasteiger partial charge in [-0.2, -0.15) is 0 Å². The molecule has 0 amide bonds. The zero-order valence-corrected chi connectivity index (χ0v) is 12.0. The van der Waals surface area contributed by atoms with Gasteiger partial charge in [0.25, 0.3) is 0 Å². The maximum Gasteiger partial charge on any atom is 0.127 e. The van der Waals surface area contributed by atoms with E-state index in [0.29, 0.717) is 4.99 Å². The Morgan fingerprint density at radius 2 is 2.00 bits per heavy atom. The van der Waals surface area contributed by atoms with Crippen LogP contribution < -0.4 is 5.73 Å². The van der Waals surface area contributed by atoms with Crippen molar-refractivity contribution in [2.24, 2.45) is 5.73 Å². The summed E-state index contributed by atoms with van der Waals surface area (Å²) in [5, 5.41) is 0.900. The quantitative estimate of drug-likeness (QED) is 0.444. The Bertz CT molecular complexity index is 704. The van der Waals surface area contributed by atoms with E-state index in [4.69, 9.17) is 18.0 Å². The highest BCUT2D eigenvalue weighted by molar-refractivity contribution is 7.98. The Morgan fingerprint density at radius 3 is 2.65 bits per heavy atom. The van der Waals surface area contributed by atoms with Crippen molar-refractivity contribution in [3.8, 4) is 5.69 Å². The van der Waals surface area contributed by atoms with Crippen molar-refractivity contribution >= 4 is 29.0 Å². The van der Waals surface area contributed by atoms with Crippen LogP contribution in [-0.4, -0.2) is 14.9 Å². The summed E-state index contributed by atoms with van der Waals surface area (Å²) in [6.45, 7) is 0. The van der Waals surface area contributed by atoms with Crippen LogP contribution in [0.1, 0.15) is 11.1 Å². The molecule has 2 N–H and O–H groups in total. The maximum absolute atomic E-state index is 5.61. The first-order valence-corrected chi connectivity index (χ1v) is 7.24. The topological polar surface area (TPSA) is 70.1 Å². The highest BCUT2D eigenvalue weighted by atomic mass is 32.2. The summed E-state index contributed by atoms with van der Waals surface area (Å²) in [7, 11) is 0. The predicted molar refractivity (Wildman–Crippen MR) is 80.0 cm³/mol. The summed E-state index contributed by atoms with van der Waals surface area (Å²) in [6, 6.07) is 11.6. The van der Waals surface area contributed by atoms with Crippen LogP contribution in [0.5, 0.6) is 0 Å². The van der Waals surface area contributed by atoms with E-state index >= 15 is 0 Å². The van der Waals surface area contributed by atoms with E-state index < -0.39 is 0 Å². The number of thiocarbonyl (C=S) groups is 1. The fourth-order valence-corrected chi connectivity index (χ4v) is 2.60. The molecule has 0 unspecified atom stereocenters. The van der Waals surface area contributed by atoms with Crippen molar-refractivity contribution in [2.45, 2.75) is 10.8 Å². The average molecular weight is 305 g/mol. The standard InChI is InChI=1S/C13H11N3O2S2/c14-13(19)10-5-6-15-12(7-10)20-8-9-1-3-11(4-2-9)16-17-18-16/h1-7H,8H2,(H2,14,19).